The molecule has 164 valence electrons. The lowest BCUT2D eigenvalue weighted by molar-refractivity contribution is -0.136. The number of urea groups is 1. The number of alkyl halides is 3. The SMILES string of the molecule is CCn1c(C(C)N(C)C(=O)Nc2ccccc2C(F)(F)F)nc2cc(Cl)ccc2c1=O. The molecular formula is C21H20ClF3N4O2. The van der Waals surface area contributed by atoms with Gasteiger partial charge < -0.3 is 10.2 Å². The number of anilines is 1. The van der Waals surface area contributed by atoms with Crippen LogP contribution < -0.4 is 10.9 Å². The largest absolute Gasteiger partial charge is 0.418 e. The average Bonchev–Trinajstić information content (AvgIpc) is 2.71. The molecule has 2 aromatic carbocycles. The van der Waals surface area contributed by atoms with E-state index in [0.29, 0.717) is 28.3 Å². The summed E-state index contributed by atoms with van der Waals surface area (Å²) < 4.78 is 41.1. The highest BCUT2D eigenvalue weighted by molar-refractivity contribution is 6.31. The Bertz CT molecular complexity index is 1190. The Morgan fingerprint density at radius 3 is 2.58 bits per heavy atom. The highest BCUT2D eigenvalue weighted by atomic mass is 35.5. The van der Waals surface area contributed by atoms with Crippen molar-refractivity contribution < 1.29 is 18.0 Å². The fourth-order valence-electron chi connectivity index (χ4n) is 3.23. The molecule has 0 saturated heterocycles. The van der Waals surface area contributed by atoms with E-state index in [1.165, 1.54) is 34.7 Å². The van der Waals surface area contributed by atoms with Gasteiger partial charge in [0.2, 0.25) is 0 Å². The van der Waals surface area contributed by atoms with Crippen molar-refractivity contribution in [2.75, 3.05) is 12.4 Å². The van der Waals surface area contributed by atoms with E-state index in [1.54, 1.807) is 32.0 Å². The van der Waals surface area contributed by atoms with Gasteiger partial charge >= 0.3 is 12.2 Å². The summed E-state index contributed by atoms with van der Waals surface area (Å²) in [5.74, 6) is 0.295. The molecule has 0 fully saturated rings. The summed E-state index contributed by atoms with van der Waals surface area (Å²) in [6.07, 6.45) is -4.62. The summed E-state index contributed by atoms with van der Waals surface area (Å²) in [4.78, 5) is 31.3. The molecule has 0 aliphatic rings. The van der Waals surface area contributed by atoms with Crippen LogP contribution in [0.2, 0.25) is 5.02 Å². The van der Waals surface area contributed by atoms with Gasteiger partial charge in [0.05, 0.1) is 28.2 Å². The summed E-state index contributed by atoms with van der Waals surface area (Å²) in [7, 11) is 1.42. The van der Waals surface area contributed by atoms with Crippen molar-refractivity contribution in [2.45, 2.75) is 32.6 Å². The lowest BCUT2D eigenvalue weighted by atomic mass is 10.1. The molecule has 31 heavy (non-hydrogen) atoms. The molecular weight excluding hydrogens is 433 g/mol. The molecule has 1 aromatic heterocycles. The smallest absolute Gasteiger partial charge is 0.318 e. The maximum atomic E-state index is 13.2. The van der Waals surface area contributed by atoms with Gasteiger partial charge in [0.1, 0.15) is 5.82 Å². The number of carbonyl (C=O) groups excluding carboxylic acids is 1. The second-order valence-electron chi connectivity index (χ2n) is 6.94. The number of para-hydroxylation sites is 1. The molecule has 0 aliphatic carbocycles. The predicted molar refractivity (Wildman–Crippen MR) is 113 cm³/mol. The van der Waals surface area contributed by atoms with Crippen LogP contribution in [-0.4, -0.2) is 27.5 Å². The molecule has 0 aliphatic heterocycles. The van der Waals surface area contributed by atoms with Gasteiger partial charge in [-0.2, -0.15) is 13.2 Å². The maximum absolute atomic E-state index is 13.2. The van der Waals surface area contributed by atoms with E-state index in [1.807, 2.05) is 0 Å². The monoisotopic (exact) mass is 452 g/mol. The molecule has 2 amide bonds. The molecule has 3 rings (SSSR count). The van der Waals surface area contributed by atoms with Crippen LogP contribution in [0.4, 0.5) is 23.7 Å². The molecule has 0 saturated carbocycles. The van der Waals surface area contributed by atoms with E-state index >= 15 is 0 Å². The number of nitrogens with zero attached hydrogens (tertiary/aromatic N) is 3. The molecule has 0 bridgehead atoms. The summed E-state index contributed by atoms with van der Waals surface area (Å²) in [5.41, 5.74) is -1.22. The summed E-state index contributed by atoms with van der Waals surface area (Å²) >= 11 is 6.02. The average molecular weight is 453 g/mol. The highest BCUT2D eigenvalue weighted by Crippen LogP contribution is 2.34. The maximum Gasteiger partial charge on any atom is 0.418 e. The van der Waals surface area contributed by atoms with Gasteiger partial charge in [-0.1, -0.05) is 23.7 Å². The van der Waals surface area contributed by atoms with E-state index in [9.17, 15) is 22.8 Å². The van der Waals surface area contributed by atoms with Gasteiger partial charge in [-0.15, -0.1) is 0 Å². The standard InChI is InChI=1S/C21H20ClF3N4O2/c1-4-29-18(26-17-11-13(22)9-10-14(17)19(29)30)12(2)28(3)20(31)27-16-8-6-5-7-15(16)21(23,24)25/h5-12H,4H2,1-3H3,(H,27,31). The van der Waals surface area contributed by atoms with Crippen LogP contribution in [0.3, 0.4) is 0 Å². The fraction of sp³-hybridized carbons (Fsp3) is 0.286. The van der Waals surface area contributed by atoms with E-state index in [4.69, 9.17) is 11.6 Å². The third-order valence-corrected chi connectivity index (χ3v) is 5.25. The number of hydrogen-bond donors (Lipinski definition) is 1. The third kappa shape index (κ3) is 4.51. The first-order valence-electron chi connectivity index (χ1n) is 9.44. The van der Waals surface area contributed by atoms with Gasteiger partial charge in [-0.05, 0) is 44.2 Å². The first kappa shape index (κ1) is 22.6. The number of halogens is 4. The van der Waals surface area contributed by atoms with Crippen molar-refractivity contribution in [3.05, 3.63) is 69.2 Å². The first-order valence-corrected chi connectivity index (χ1v) is 9.82. The second-order valence-corrected chi connectivity index (χ2v) is 7.38. The van der Waals surface area contributed by atoms with Crippen molar-refractivity contribution in [2.24, 2.45) is 0 Å². The number of carbonyl (C=O) groups is 1. The molecule has 1 N–H and O–H groups in total. The fourth-order valence-corrected chi connectivity index (χ4v) is 3.39. The Kier molecular flexibility index (Phi) is 6.26. The lowest BCUT2D eigenvalue weighted by Gasteiger charge is -2.27. The number of nitrogens with one attached hydrogen (secondary N) is 1. The minimum absolute atomic E-state index is 0.290. The van der Waals surface area contributed by atoms with Gasteiger partial charge in [-0.3, -0.25) is 9.36 Å². The van der Waals surface area contributed by atoms with Gasteiger partial charge in [-0.25, -0.2) is 9.78 Å². The molecule has 1 atom stereocenters. The van der Waals surface area contributed by atoms with Crippen LogP contribution in [0.25, 0.3) is 10.9 Å². The Labute approximate surface area is 181 Å². The second kappa shape index (κ2) is 8.58. The van der Waals surface area contributed by atoms with Crippen LogP contribution in [0, 0.1) is 0 Å². The Hall–Kier alpha value is -3.07. The third-order valence-electron chi connectivity index (χ3n) is 5.01. The zero-order valence-corrected chi connectivity index (χ0v) is 17.8. The van der Waals surface area contributed by atoms with E-state index in [-0.39, 0.29) is 11.2 Å². The van der Waals surface area contributed by atoms with E-state index < -0.39 is 23.8 Å². The van der Waals surface area contributed by atoms with Gasteiger partial charge in [0, 0.05) is 18.6 Å². The summed E-state index contributed by atoms with van der Waals surface area (Å²) in [6.45, 7) is 3.71. The highest BCUT2D eigenvalue weighted by Gasteiger charge is 2.34. The van der Waals surface area contributed by atoms with Crippen LogP contribution in [-0.2, 0) is 12.7 Å². The van der Waals surface area contributed by atoms with Crippen LogP contribution in [0.1, 0.15) is 31.3 Å². The topological polar surface area (TPSA) is 67.2 Å². The number of aromatic nitrogens is 2. The Balaban J connectivity index is 1.96. The van der Waals surface area contributed by atoms with Gasteiger partial charge in [0.25, 0.3) is 5.56 Å². The summed E-state index contributed by atoms with van der Waals surface area (Å²) in [6, 6.07) is 7.95. The van der Waals surface area contributed by atoms with Crippen molar-refractivity contribution in [3.63, 3.8) is 0 Å². The zero-order chi connectivity index (χ0) is 22.9. The zero-order valence-electron chi connectivity index (χ0n) is 17.0. The Morgan fingerprint density at radius 2 is 1.94 bits per heavy atom. The summed E-state index contributed by atoms with van der Waals surface area (Å²) in [5, 5.41) is 3.08. The molecule has 1 unspecified atom stereocenters. The van der Waals surface area contributed by atoms with E-state index in [0.717, 1.165) is 6.07 Å². The lowest BCUT2D eigenvalue weighted by Crippen LogP contribution is -2.37. The molecule has 1 heterocycles. The predicted octanol–water partition coefficient (Wildman–Crippen LogP) is 5.31. The van der Waals surface area contributed by atoms with Crippen LogP contribution in [0.15, 0.2) is 47.3 Å². The van der Waals surface area contributed by atoms with Crippen LogP contribution >= 0.6 is 11.6 Å². The molecule has 0 radical (unpaired) electrons. The van der Waals surface area contributed by atoms with Crippen molar-refractivity contribution in [3.8, 4) is 0 Å². The number of benzene rings is 2. The molecule has 3 aromatic rings. The minimum Gasteiger partial charge on any atom is -0.318 e. The van der Waals surface area contributed by atoms with Crippen molar-refractivity contribution >= 4 is 34.2 Å². The number of hydrogen-bond acceptors (Lipinski definition) is 3. The van der Waals surface area contributed by atoms with Gasteiger partial charge in [0.15, 0.2) is 0 Å². The van der Waals surface area contributed by atoms with Crippen molar-refractivity contribution in [1.29, 1.82) is 0 Å². The normalized spacial score (nSPS) is 12.6. The first-order chi connectivity index (χ1) is 14.5. The molecule has 0 spiro atoms. The minimum atomic E-state index is -4.62. The molecule has 6 nitrogen and oxygen atoms in total. The van der Waals surface area contributed by atoms with Crippen molar-refractivity contribution in [1.82, 2.24) is 14.5 Å². The number of rotatable bonds is 4. The number of fused-ring (bicyclic) bond motifs is 1. The van der Waals surface area contributed by atoms with E-state index in [2.05, 4.69) is 10.3 Å². The number of amides is 2. The quantitative estimate of drug-likeness (QED) is 0.583. The molecule has 10 heteroatoms. The Morgan fingerprint density at radius 1 is 1.26 bits per heavy atom. The van der Waals surface area contributed by atoms with Crippen LogP contribution in [0.5, 0.6) is 0 Å².